The number of anilines is 1. The minimum Gasteiger partial charge on any atom is -0.333 e. The Morgan fingerprint density at radius 1 is 1.21 bits per heavy atom. The van der Waals surface area contributed by atoms with Crippen molar-refractivity contribution in [2.75, 3.05) is 11.1 Å². The van der Waals surface area contributed by atoms with Crippen molar-refractivity contribution in [3.05, 3.63) is 47.5 Å². The maximum Gasteiger partial charge on any atom is 0.236 e. The number of imidazole rings is 1. The van der Waals surface area contributed by atoms with Crippen LogP contribution in [0.25, 0.3) is 21.3 Å². The lowest BCUT2D eigenvalue weighted by Gasteiger charge is -1.99. The number of carbonyl (C=O) groups excluding carboxylic acids is 1. The molecular formula is C16H11ClN4OS2. The Balaban J connectivity index is 1.42. The average molecular weight is 375 g/mol. The van der Waals surface area contributed by atoms with Crippen LogP contribution in [0.3, 0.4) is 0 Å². The molecule has 8 heteroatoms. The van der Waals surface area contributed by atoms with Gasteiger partial charge in [-0.05, 0) is 30.3 Å². The first-order valence-corrected chi connectivity index (χ1v) is 9.29. The first kappa shape index (κ1) is 15.4. The summed E-state index contributed by atoms with van der Waals surface area (Å²) in [4.78, 5) is 24.1. The Morgan fingerprint density at radius 2 is 2.08 bits per heavy atom. The van der Waals surface area contributed by atoms with Gasteiger partial charge in [0.05, 0.1) is 27.0 Å². The molecule has 0 saturated carbocycles. The number of H-pyrrole nitrogens is 1. The van der Waals surface area contributed by atoms with Crippen LogP contribution in [-0.2, 0) is 4.79 Å². The summed E-state index contributed by atoms with van der Waals surface area (Å²) in [5.41, 5.74) is 2.64. The third-order valence-corrected chi connectivity index (χ3v) is 5.36. The van der Waals surface area contributed by atoms with Gasteiger partial charge in [-0.2, -0.15) is 0 Å². The lowest BCUT2D eigenvalue weighted by molar-refractivity contribution is -0.113. The fourth-order valence-corrected chi connectivity index (χ4v) is 3.95. The molecule has 0 unspecified atom stereocenters. The highest BCUT2D eigenvalue weighted by atomic mass is 35.5. The maximum atomic E-state index is 12.1. The second kappa shape index (κ2) is 6.43. The molecule has 0 radical (unpaired) electrons. The number of hydrogen-bond donors (Lipinski definition) is 2. The number of rotatable bonds is 4. The number of halogens is 1. The van der Waals surface area contributed by atoms with Gasteiger partial charge >= 0.3 is 0 Å². The SMILES string of the molecule is O=C(CSc1nc2ccccc2[nH]1)Nc1nc2cc(Cl)ccc2s1. The molecule has 2 aromatic heterocycles. The van der Waals surface area contributed by atoms with Crippen LogP contribution >= 0.6 is 34.7 Å². The van der Waals surface area contributed by atoms with Crippen molar-refractivity contribution in [1.29, 1.82) is 0 Å². The quantitative estimate of drug-likeness (QED) is 0.514. The minimum atomic E-state index is -0.120. The summed E-state index contributed by atoms with van der Waals surface area (Å²) in [6, 6.07) is 13.3. The molecule has 0 spiro atoms. The second-order valence-electron chi connectivity index (χ2n) is 5.03. The highest BCUT2D eigenvalue weighted by Gasteiger charge is 2.10. The third-order valence-electron chi connectivity index (χ3n) is 3.30. The number of nitrogens with zero attached hydrogens (tertiary/aromatic N) is 2. The molecule has 2 N–H and O–H groups in total. The van der Waals surface area contributed by atoms with Crippen LogP contribution < -0.4 is 5.32 Å². The summed E-state index contributed by atoms with van der Waals surface area (Å²) in [5.74, 6) is 0.141. The van der Waals surface area contributed by atoms with Crippen molar-refractivity contribution in [2.24, 2.45) is 0 Å². The first-order valence-electron chi connectivity index (χ1n) is 7.11. The second-order valence-corrected chi connectivity index (χ2v) is 7.46. The number of nitrogens with one attached hydrogen (secondary N) is 2. The molecule has 0 atom stereocenters. The number of para-hydroxylation sites is 2. The molecule has 0 saturated heterocycles. The molecule has 24 heavy (non-hydrogen) atoms. The van der Waals surface area contributed by atoms with Gasteiger partial charge in [-0.25, -0.2) is 9.97 Å². The Bertz CT molecular complexity index is 1010. The number of aromatic nitrogens is 3. The number of fused-ring (bicyclic) bond motifs is 2. The van der Waals surface area contributed by atoms with Crippen LogP contribution in [0.2, 0.25) is 5.02 Å². The predicted octanol–water partition coefficient (Wildman–Crippen LogP) is 4.56. The lowest BCUT2D eigenvalue weighted by Crippen LogP contribution is -2.13. The summed E-state index contributed by atoms with van der Waals surface area (Å²) in [5, 5.41) is 4.74. The van der Waals surface area contributed by atoms with E-state index in [1.165, 1.54) is 23.1 Å². The van der Waals surface area contributed by atoms with E-state index >= 15 is 0 Å². The topological polar surface area (TPSA) is 70.7 Å². The van der Waals surface area contributed by atoms with E-state index in [2.05, 4.69) is 20.3 Å². The van der Waals surface area contributed by atoms with Crippen molar-refractivity contribution in [1.82, 2.24) is 15.0 Å². The summed E-state index contributed by atoms with van der Waals surface area (Å²) in [6.07, 6.45) is 0. The molecule has 5 nitrogen and oxygen atoms in total. The number of thiazole rings is 1. The van der Waals surface area contributed by atoms with E-state index in [0.29, 0.717) is 10.2 Å². The minimum absolute atomic E-state index is 0.120. The molecule has 0 fully saturated rings. The summed E-state index contributed by atoms with van der Waals surface area (Å²) in [6.45, 7) is 0. The van der Waals surface area contributed by atoms with Crippen molar-refractivity contribution >= 4 is 67.0 Å². The Hall–Kier alpha value is -2.09. The molecular weight excluding hydrogens is 364 g/mol. The van der Waals surface area contributed by atoms with Crippen LogP contribution in [0.5, 0.6) is 0 Å². The van der Waals surface area contributed by atoms with Gasteiger partial charge in [0.1, 0.15) is 0 Å². The lowest BCUT2D eigenvalue weighted by atomic mass is 10.3. The maximum absolute atomic E-state index is 12.1. The normalized spacial score (nSPS) is 11.2. The van der Waals surface area contributed by atoms with Gasteiger partial charge in [-0.3, -0.25) is 4.79 Å². The van der Waals surface area contributed by atoms with E-state index < -0.39 is 0 Å². The van der Waals surface area contributed by atoms with Crippen LogP contribution in [0.4, 0.5) is 5.13 Å². The van der Waals surface area contributed by atoms with Gasteiger partial charge in [0.25, 0.3) is 0 Å². The molecule has 0 aliphatic rings. The number of aromatic amines is 1. The standard InChI is InChI=1S/C16H11ClN4OS2/c17-9-5-6-13-12(7-9)20-16(24-13)21-14(22)8-23-15-18-10-3-1-2-4-11(10)19-15/h1-7H,8H2,(H,18,19)(H,20,21,22). The molecule has 1 amide bonds. The average Bonchev–Trinajstić information content (AvgIpc) is 3.15. The zero-order valence-corrected chi connectivity index (χ0v) is 14.6. The van der Waals surface area contributed by atoms with Crippen molar-refractivity contribution in [3.8, 4) is 0 Å². The Morgan fingerprint density at radius 3 is 2.96 bits per heavy atom. The highest BCUT2D eigenvalue weighted by molar-refractivity contribution is 7.99. The zero-order valence-electron chi connectivity index (χ0n) is 12.2. The molecule has 2 heterocycles. The molecule has 4 rings (SSSR count). The summed E-state index contributed by atoms with van der Waals surface area (Å²) >= 11 is 8.73. The summed E-state index contributed by atoms with van der Waals surface area (Å²) < 4.78 is 0.986. The highest BCUT2D eigenvalue weighted by Crippen LogP contribution is 2.28. The van der Waals surface area contributed by atoms with Gasteiger partial charge < -0.3 is 10.3 Å². The van der Waals surface area contributed by atoms with Crippen LogP contribution in [0, 0.1) is 0 Å². The van der Waals surface area contributed by atoms with Gasteiger partial charge in [-0.1, -0.05) is 46.8 Å². The summed E-state index contributed by atoms with van der Waals surface area (Å²) in [7, 11) is 0. The Kier molecular flexibility index (Phi) is 4.13. The van der Waals surface area contributed by atoms with E-state index in [4.69, 9.17) is 11.6 Å². The van der Waals surface area contributed by atoms with Crippen LogP contribution in [0.1, 0.15) is 0 Å². The van der Waals surface area contributed by atoms with Gasteiger partial charge in [0, 0.05) is 5.02 Å². The largest absolute Gasteiger partial charge is 0.333 e. The van der Waals surface area contributed by atoms with E-state index in [1.807, 2.05) is 36.4 Å². The predicted molar refractivity (Wildman–Crippen MR) is 100 cm³/mol. The first-order chi connectivity index (χ1) is 11.7. The molecule has 2 aromatic carbocycles. The number of hydrogen-bond acceptors (Lipinski definition) is 5. The van der Waals surface area contributed by atoms with E-state index in [-0.39, 0.29) is 11.7 Å². The van der Waals surface area contributed by atoms with Crippen molar-refractivity contribution in [2.45, 2.75) is 5.16 Å². The third kappa shape index (κ3) is 3.24. The smallest absolute Gasteiger partial charge is 0.236 e. The number of carbonyl (C=O) groups is 1. The molecule has 4 aromatic rings. The number of benzene rings is 2. The molecule has 0 aliphatic heterocycles. The van der Waals surface area contributed by atoms with Gasteiger partial charge in [-0.15, -0.1) is 0 Å². The molecule has 0 bridgehead atoms. The fraction of sp³-hybridized carbons (Fsp3) is 0.0625. The Labute approximate surface area is 150 Å². The van der Waals surface area contributed by atoms with Crippen molar-refractivity contribution in [3.63, 3.8) is 0 Å². The number of amides is 1. The molecule has 120 valence electrons. The van der Waals surface area contributed by atoms with Crippen molar-refractivity contribution < 1.29 is 4.79 Å². The van der Waals surface area contributed by atoms with E-state index in [9.17, 15) is 4.79 Å². The zero-order chi connectivity index (χ0) is 16.5. The monoisotopic (exact) mass is 374 g/mol. The van der Waals surface area contributed by atoms with Crippen LogP contribution in [0.15, 0.2) is 47.6 Å². The van der Waals surface area contributed by atoms with E-state index in [0.717, 1.165) is 26.4 Å². The number of thioether (sulfide) groups is 1. The van der Waals surface area contributed by atoms with Crippen LogP contribution in [-0.4, -0.2) is 26.6 Å². The fourth-order valence-electron chi connectivity index (χ4n) is 2.24. The molecule has 0 aliphatic carbocycles. The van der Waals surface area contributed by atoms with Gasteiger partial charge in [0.15, 0.2) is 10.3 Å². The van der Waals surface area contributed by atoms with E-state index in [1.54, 1.807) is 6.07 Å². The van der Waals surface area contributed by atoms with Gasteiger partial charge in [0.2, 0.25) is 5.91 Å².